The molecule has 1 aromatic rings. The predicted molar refractivity (Wildman–Crippen MR) is 64.7 cm³/mol. The van der Waals surface area contributed by atoms with Gasteiger partial charge in [-0.1, -0.05) is 0 Å². The highest BCUT2D eigenvalue weighted by Crippen LogP contribution is 2.23. The van der Waals surface area contributed by atoms with E-state index in [4.69, 9.17) is 5.26 Å². The second kappa shape index (κ2) is 4.82. The number of hydrogen-bond donors (Lipinski definition) is 2. The van der Waals surface area contributed by atoms with Crippen LogP contribution in [0.5, 0.6) is 0 Å². The second-order valence-electron chi connectivity index (χ2n) is 3.89. The summed E-state index contributed by atoms with van der Waals surface area (Å²) in [5, 5.41) is 15.0. The monoisotopic (exact) mass is 233 g/mol. The van der Waals surface area contributed by atoms with Crippen LogP contribution in [0.25, 0.3) is 0 Å². The molecule has 1 saturated carbocycles. The molecule has 2 rings (SSSR count). The molecule has 0 saturated heterocycles. The van der Waals surface area contributed by atoms with Crippen molar-refractivity contribution in [1.82, 2.24) is 15.0 Å². The fourth-order valence-electron chi connectivity index (χ4n) is 1.27. The number of rotatable bonds is 5. The molecule has 0 atom stereocenters. The summed E-state index contributed by atoms with van der Waals surface area (Å²) in [5.74, 6) is 1.36. The number of nitriles is 1. The van der Waals surface area contributed by atoms with Gasteiger partial charge in [-0.2, -0.15) is 20.2 Å². The van der Waals surface area contributed by atoms with Crippen LogP contribution < -0.4 is 15.5 Å². The Morgan fingerprint density at radius 3 is 2.65 bits per heavy atom. The third-order valence-corrected chi connectivity index (χ3v) is 2.32. The number of aromatic nitrogens is 3. The van der Waals surface area contributed by atoms with Crippen LogP contribution in [0.3, 0.4) is 0 Å². The lowest BCUT2D eigenvalue weighted by Crippen LogP contribution is -2.17. The van der Waals surface area contributed by atoms with Gasteiger partial charge in [0, 0.05) is 19.6 Å². The third kappa shape index (κ3) is 2.93. The highest BCUT2D eigenvalue weighted by Gasteiger charge is 2.22. The molecule has 0 amide bonds. The van der Waals surface area contributed by atoms with Gasteiger partial charge in [0.2, 0.25) is 17.8 Å². The van der Waals surface area contributed by atoms with Gasteiger partial charge in [0.1, 0.15) is 0 Å². The van der Waals surface area contributed by atoms with Crippen LogP contribution in [0.1, 0.15) is 19.8 Å². The molecule has 0 aromatic carbocycles. The summed E-state index contributed by atoms with van der Waals surface area (Å²) in [6.45, 7) is 2.69. The first kappa shape index (κ1) is 11.4. The molecule has 0 unspecified atom stereocenters. The SMILES string of the molecule is CCNc1nc(NC2CC2)nc(N(C)C#N)n1. The van der Waals surface area contributed by atoms with Gasteiger partial charge in [0.25, 0.3) is 0 Å². The lowest BCUT2D eigenvalue weighted by molar-refractivity contribution is 0.955. The molecule has 1 aromatic heterocycles. The van der Waals surface area contributed by atoms with Gasteiger partial charge in [-0.05, 0) is 19.8 Å². The Labute approximate surface area is 99.9 Å². The molecule has 17 heavy (non-hydrogen) atoms. The fourth-order valence-corrected chi connectivity index (χ4v) is 1.27. The summed E-state index contributed by atoms with van der Waals surface area (Å²) in [4.78, 5) is 13.9. The molecule has 7 nitrogen and oxygen atoms in total. The Morgan fingerprint density at radius 2 is 2.06 bits per heavy atom. The summed E-state index contributed by atoms with van der Waals surface area (Å²) >= 11 is 0. The molecular formula is C10H15N7. The number of nitrogens with zero attached hydrogens (tertiary/aromatic N) is 5. The zero-order chi connectivity index (χ0) is 12.3. The van der Waals surface area contributed by atoms with Gasteiger partial charge >= 0.3 is 0 Å². The topological polar surface area (TPSA) is 89.8 Å². The maximum absolute atomic E-state index is 8.83. The fraction of sp³-hybridized carbons (Fsp3) is 0.600. The van der Waals surface area contributed by atoms with E-state index in [-0.39, 0.29) is 0 Å². The molecule has 1 fully saturated rings. The summed E-state index contributed by atoms with van der Waals surface area (Å²) in [5.41, 5.74) is 0. The second-order valence-corrected chi connectivity index (χ2v) is 3.89. The molecule has 7 heteroatoms. The molecule has 1 aliphatic carbocycles. The molecule has 0 aliphatic heterocycles. The van der Waals surface area contributed by atoms with Crippen molar-refractivity contribution in [2.75, 3.05) is 29.1 Å². The van der Waals surface area contributed by atoms with Crippen LogP contribution in [-0.2, 0) is 0 Å². The van der Waals surface area contributed by atoms with Gasteiger partial charge in [-0.25, -0.2) is 0 Å². The van der Waals surface area contributed by atoms with Crippen molar-refractivity contribution in [3.05, 3.63) is 0 Å². The van der Waals surface area contributed by atoms with Crippen molar-refractivity contribution in [3.63, 3.8) is 0 Å². The van der Waals surface area contributed by atoms with E-state index in [1.807, 2.05) is 13.1 Å². The lowest BCUT2D eigenvalue weighted by atomic mass is 10.6. The zero-order valence-corrected chi connectivity index (χ0v) is 9.93. The van der Waals surface area contributed by atoms with E-state index < -0.39 is 0 Å². The van der Waals surface area contributed by atoms with Crippen molar-refractivity contribution in [1.29, 1.82) is 5.26 Å². The van der Waals surface area contributed by atoms with E-state index in [1.165, 1.54) is 4.90 Å². The maximum atomic E-state index is 8.83. The third-order valence-electron chi connectivity index (χ3n) is 2.32. The molecule has 0 spiro atoms. The van der Waals surface area contributed by atoms with Crippen molar-refractivity contribution < 1.29 is 0 Å². The van der Waals surface area contributed by atoms with Crippen LogP contribution in [0.4, 0.5) is 17.8 Å². The molecule has 2 N–H and O–H groups in total. The Balaban J connectivity index is 2.24. The minimum absolute atomic E-state index is 0.349. The molecular weight excluding hydrogens is 218 g/mol. The Morgan fingerprint density at radius 1 is 1.35 bits per heavy atom. The van der Waals surface area contributed by atoms with Crippen molar-refractivity contribution >= 4 is 17.8 Å². The van der Waals surface area contributed by atoms with E-state index in [0.717, 1.165) is 19.4 Å². The first-order chi connectivity index (χ1) is 8.22. The Hall–Kier alpha value is -2.10. The largest absolute Gasteiger partial charge is 0.354 e. The molecule has 0 radical (unpaired) electrons. The van der Waals surface area contributed by atoms with Gasteiger partial charge in [0.15, 0.2) is 6.19 Å². The minimum Gasteiger partial charge on any atom is -0.354 e. The van der Waals surface area contributed by atoms with E-state index >= 15 is 0 Å². The van der Waals surface area contributed by atoms with Crippen molar-refractivity contribution in [2.24, 2.45) is 0 Å². The van der Waals surface area contributed by atoms with E-state index in [9.17, 15) is 0 Å². The highest BCUT2D eigenvalue weighted by molar-refractivity contribution is 5.46. The minimum atomic E-state index is 0.349. The average Bonchev–Trinajstić information content (AvgIpc) is 3.12. The molecule has 1 aliphatic rings. The number of hydrogen-bond acceptors (Lipinski definition) is 7. The van der Waals surface area contributed by atoms with Crippen LogP contribution in [0.2, 0.25) is 0 Å². The van der Waals surface area contributed by atoms with Crippen LogP contribution in [0.15, 0.2) is 0 Å². The first-order valence-corrected chi connectivity index (χ1v) is 5.63. The maximum Gasteiger partial charge on any atom is 0.245 e. The van der Waals surface area contributed by atoms with E-state index in [2.05, 4.69) is 25.6 Å². The lowest BCUT2D eigenvalue weighted by Gasteiger charge is -2.11. The Kier molecular flexibility index (Phi) is 3.23. The van der Waals surface area contributed by atoms with Crippen molar-refractivity contribution in [2.45, 2.75) is 25.8 Å². The first-order valence-electron chi connectivity index (χ1n) is 5.63. The standard InChI is InChI=1S/C10H15N7/c1-3-12-8-14-9(13-7-4-5-7)16-10(15-8)17(2)6-11/h7H,3-5H2,1-2H3,(H2,12,13,14,15,16). The van der Waals surface area contributed by atoms with Crippen molar-refractivity contribution in [3.8, 4) is 6.19 Å². The summed E-state index contributed by atoms with van der Waals surface area (Å²) in [7, 11) is 1.62. The summed E-state index contributed by atoms with van der Waals surface area (Å²) in [6.07, 6.45) is 4.26. The quantitative estimate of drug-likeness (QED) is 0.574. The normalized spacial score (nSPS) is 13.9. The summed E-state index contributed by atoms with van der Waals surface area (Å²) < 4.78 is 0. The van der Waals surface area contributed by atoms with Crippen LogP contribution in [0, 0.1) is 11.5 Å². The molecule has 90 valence electrons. The van der Waals surface area contributed by atoms with E-state index in [0.29, 0.717) is 23.9 Å². The van der Waals surface area contributed by atoms with Gasteiger partial charge < -0.3 is 10.6 Å². The average molecular weight is 233 g/mol. The van der Waals surface area contributed by atoms with Gasteiger partial charge in [0.05, 0.1) is 0 Å². The highest BCUT2D eigenvalue weighted by atomic mass is 15.3. The molecule has 1 heterocycles. The number of anilines is 3. The van der Waals surface area contributed by atoms with E-state index in [1.54, 1.807) is 7.05 Å². The van der Waals surface area contributed by atoms with Crippen LogP contribution >= 0.6 is 0 Å². The van der Waals surface area contributed by atoms with Gasteiger partial charge in [-0.3, -0.25) is 4.90 Å². The van der Waals surface area contributed by atoms with Gasteiger partial charge in [-0.15, -0.1) is 0 Å². The van der Waals surface area contributed by atoms with Crippen LogP contribution in [-0.4, -0.2) is 34.6 Å². The molecule has 0 bridgehead atoms. The number of nitrogens with one attached hydrogen (secondary N) is 2. The summed E-state index contributed by atoms with van der Waals surface area (Å²) in [6, 6.07) is 0.465. The zero-order valence-electron chi connectivity index (χ0n) is 9.93. The smallest absolute Gasteiger partial charge is 0.245 e. The predicted octanol–water partition coefficient (Wildman–Crippen LogP) is 0.795. The Bertz CT molecular complexity index is 435.